The molecule has 0 amide bonds. The standard InChI is InChI=1S/C16H23NO3/c1-3-17(9-12-19-2)10-13-20-16-8-4-6-15(14-16)7-5-11-18/h4,6,8,14,18H,3,9-13H2,1-2H3. The van der Waals surface area contributed by atoms with Gasteiger partial charge in [0.1, 0.15) is 19.0 Å². The molecule has 0 atom stereocenters. The van der Waals surface area contributed by atoms with Gasteiger partial charge in [0.05, 0.1) is 6.61 Å². The second-order valence-corrected chi connectivity index (χ2v) is 4.26. The predicted molar refractivity (Wildman–Crippen MR) is 79.9 cm³/mol. The van der Waals surface area contributed by atoms with E-state index in [0.717, 1.165) is 37.6 Å². The molecule has 0 heterocycles. The number of hydrogen-bond donors (Lipinski definition) is 1. The molecule has 1 aromatic rings. The Morgan fingerprint density at radius 3 is 2.75 bits per heavy atom. The average molecular weight is 277 g/mol. The summed E-state index contributed by atoms with van der Waals surface area (Å²) in [5, 5.41) is 8.68. The lowest BCUT2D eigenvalue weighted by Gasteiger charge is -2.19. The Morgan fingerprint density at radius 1 is 1.25 bits per heavy atom. The highest BCUT2D eigenvalue weighted by Crippen LogP contribution is 2.12. The summed E-state index contributed by atoms with van der Waals surface area (Å²) in [4.78, 5) is 2.28. The van der Waals surface area contributed by atoms with E-state index in [-0.39, 0.29) is 6.61 Å². The number of benzene rings is 1. The molecule has 0 aromatic heterocycles. The van der Waals surface area contributed by atoms with Gasteiger partial charge in [0.2, 0.25) is 0 Å². The van der Waals surface area contributed by atoms with Crippen LogP contribution in [0.5, 0.6) is 5.75 Å². The molecule has 4 heteroatoms. The summed E-state index contributed by atoms with van der Waals surface area (Å²) < 4.78 is 10.8. The molecule has 0 bridgehead atoms. The fourth-order valence-corrected chi connectivity index (χ4v) is 1.75. The summed E-state index contributed by atoms with van der Waals surface area (Å²) in [6.45, 7) is 6.13. The van der Waals surface area contributed by atoms with Crippen molar-refractivity contribution in [2.75, 3.05) is 46.6 Å². The minimum Gasteiger partial charge on any atom is -0.492 e. The lowest BCUT2D eigenvalue weighted by Crippen LogP contribution is -2.31. The Balaban J connectivity index is 2.41. The van der Waals surface area contributed by atoms with Gasteiger partial charge in [-0.3, -0.25) is 4.90 Å². The first-order valence-corrected chi connectivity index (χ1v) is 6.84. The fourth-order valence-electron chi connectivity index (χ4n) is 1.75. The van der Waals surface area contributed by atoms with E-state index in [1.165, 1.54) is 0 Å². The summed E-state index contributed by atoms with van der Waals surface area (Å²) in [6.07, 6.45) is 0. The van der Waals surface area contributed by atoms with E-state index in [2.05, 4.69) is 23.7 Å². The van der Waals surface area contributed by atoms with Gasteiger partial charge < -0.3 is 14.6 Å². The second kappa shape index (κ2) is 10.3. The highest BCUT2D eigenvalue weighted by Gasteiger charge is 2.02. The molecule has 110 valence electrons. The van der Waals surface area contributed by atoms with Gasteiger partial charge in [-0.05, 0) is 24.7 Å². The lowest BCUT2D eigenvalue weighted by atomic mass is 10.2. The van der Waals surface area contributed by atoms with Crippen LogP contribution in [-0.2, 0) is 4.74 Å². The quantitative estimate of drug-likeness (QED) is 0.729. The molecular weight excluding hydrogens is 254 g/mol. The summed E-state index contributed by atoms with van der Waals surface area (Å²) in [5.74, 6) is 6.30. The SMILES string of the molecule is CCN(CCOC)CCOc1cccc(C#CCO)c1. The van der Waals surface area contributed by atoms with E-state index in [4.69, 9.17) is 14.6 Å². The first-order chi connectivity index (χ1) is 9.80. The van der Waals surface area contributed by atoms with Gasteiger partial charge in [-0.2, -0.15) is 0 Å². The molecule has 0 aliphatic carbocycles. The molecule has 1 rings (SSSR count). The van der Waals surface area contributed by atoms with Crippen molar-refractivity contribution in [3.63, 3.8) is 0 Å². The Kier molecular flexibility index (Phi) is 8.48. The first-order valence-electron chi connectivity index (χ1n) is 6.84. The van der Waals surface area contributed by atoms with Crippen LogP contribution in [0.4, 0.5) is 0 Å². The monoisotopic (exact) mass is 277 g/mol. The summed E-state index contributed by atoms with van der Waals surface area (Å²) in [7, 11) is 1.71. The van der Waals surface area contributed by atoms with Crippen LogP contribution in [0.15, 0.2) is 24.3 Å². The lowest BCUT2D eigenvalue weighted by molar-refractivity contribution is 0.138. The third-order valence-electron chi connectivity index (χ3n) is 2.88. The molecule has 0 saturated heterocycles. The van der Waals surface area contributed by atoms with Gasteiger partial charge in [0.15, 0.2) is 0 Å². The van der Waals surface area contributed by atoms with E-state index in [1.807, 2.05) is 24.3 Å². The zero-order chi connectivity index (χ0) is 14.6. The second-order valence-electron chi connectivity index (χ2n) is 4.26. The molecule has 0 unspecified atom stereocenters. The number of nitrogens with zero attached hydrogens (tertiary/aromatic N) is 1. The number of methoxy groups -OCH3 is 1. The van der Waals surface area contributed by atoms with Crippen LogP contribution in [0, 0.1) is 11.8 Å². The van der Waals surface area contributed by atoms with Crippen LogP contribution in [0.3, 0.4) is 0 Å². The Labute approximate surface area is 121 Å². The minimum absolute atomic E-state index is 0.129. The molecule has 0 aliphatic rings. The number of likely N-dealkylation sites (N-methyl/N-ethyl adjacent to an activating group) is 1. The largest absolute Gasteiger partial charge is 0.492 e. The van der Waals surface area contributed by atoms with Crippen molar-refractivity contribution in [3.05, 3.63) is 29.8 Å². The number of ether oxygens (including phenoxy) is 2. The molecule has 20 heavy (non-hydrogen) atoms. The van der Waals surface area contributed by atoms with Gasteiger partial charge in [-0.25, -0.2) is 0 Å². The van der Waals surface area contributed by atoms with Crippen molar-refractivity contribution in [2.45, 2.75) is 6.92 Å². The van der Waals surface area contributed by atoms with Crippen LogP contribution in [0.25, 0.3) is 0 Å². The number of hydrogen-bond acceptors (Lipinski definition) is 4. The van der Waals surface area contributed by atoms with E-state index >= 15 is 0 Å². The fraction of sp³-hybridized carbons (Fsp3) is 0.500. The number of aliphatic hydroxyl groups excluding tert-OH is 1. The van der Waals surface area contributed by atoms with Crippen molar-refractivity contribution in [1.29, 1.82) is 0 Å². The zero-order valence-corrected chi connectivity index (χ0v) is 12.3. The summed E-state index contributed by atoms with van der Waals surface area (Å²) >= 11 is 0. The van der Waals surface area contributed by atoms with Crippen molar-refractivity contribution < 1.29 is 14.6 Å². The highest BCUT2D eigenvalue weighted by atomic mass is 16.5. The molecular formula is C16H23NO3. The molecule has 0 spiro atoms. The van der Waals surface area contributed by atoms with Crippen LogP contribution in [0.1, 0.15) is 12.5 Å². The van der Waals surface area contributed by atoms with Crippen molar-refractivity contribution in [3.8, 4) is 17.6 Å². The minimum atomic E-state index is -0.129. The third kappa shape index (κ3) is 6.58. The van der Waals surface area contributed by atoms with Crippen molar-refractivity contribution in [1.82, 2.24) is 4.90 Å². The maximum Gasteiger partial charge on any atom is 0.120 e. The highest BCUT2D eigenvalue weighted by molar-refractivity contribution is 5.39. The molecule has 4 nitrogen and oxygen atoms in total. The zero-order valence-electron chi connectivity index (χ0n) is 12.3. The molecule has 0 aliphatic heterocycles. The Bertz CT molecular complexity index is 437. The Morgan fingerprint density at radius 2 is 2.05 bits per heavy atom. The van der Waals surface area contributed by atoms with Crippen LogP contribution < -0.4 is 4.74 Å². The summed E-state index contributed by atoms with van der Waals surface area (Å²) in [6, 6.07) is 7.59. The first kappa shape index (κ1) is 16.5. The number of rotatable bonds is 8. The molecule has 1 aromatic carbocycles. The maximum absolute atomic E-state index is 8.68. The van der Waals surface area contributed by atoms with Gasteiger partial charge in [-0.15, -0.1) is 0 Å². The number of aliphatic hydroxyl groups is 1. The molecule has 0 radical (unpaired) electrons. The van der Waals surface area contributed by atoms with Crippen molar-refractivity contribution >= 4 is 0 Å². The molecule has 0 saturated carbocycles. The van der Waals surface area contributed by atoms with E-state index < -0.39 is 0 Å². The molecule has 0 fully saturated rings. The van der Waals surface area contributed by atoms with E-state index in [0.29, 0.717) is 6.61 Å². The van der Waals surface area contributed by atoms with Crippen LogP contribution >= 0.6 is 0 Å². The maximum atomic E-state index is 8.68. The third-order valence-corrected chi connectivity index (χ3v) is 2.88. The van der Waals surface area contributed by atoms with Gasteiger partial charge in [-0.1, -0.05) is 24.8 Å². The van der Waals surface area contributed by atoms with Gasteiger partial charge >= 0.3 is 0 Å². The van der Waals surface area contributed by atoms with Crippen LogP contribution in [0.2, 0.25) is 0 Å². The van der Waals surface area contributed by atoms with Gasteiger partial charge in [0.25, 0.3) is 0 Å². The van der Waals surface area contributed by atoms with E-state index in [9.17, 15) is 0 Å². The Hall–Kier alpha value is -1.54. The molecule has 1 N–H and O–H groups in total. The average Bonchev–Trinajstić information content (AvgIpc) is 2.49. The van der Waals surface area contributed by atoms with Crippen molar-refractivity contribution in [2.24, 2.45) is 0 Å². The smallest absolute Gasteiger partial charge is 0.120 e. The normalized spacial score (nSPS) is 10.2. The topological polar surface area (TPSA) is 41.9 Å². The van der Waals surface area contributed by atoms with E-state index in [1.54, 1.807) is 7.11 Å². The summed E-state index contributed by atoms with van der Waals surface area (Å²) in [5.41, 5.74) is 0.850. The van der Waals surface area contributed by atoms with Gasteiger partial charge in [0, 0.05) is 25.8 Å². The van der Waals surface area contributed by atoms with Crippen LogP contribution in [-0.4, -0.2) is 56.6 Å². The predicted octanol–water partition coefficient (Wildman–Crippen LogP) is 1.38.